The molecule has 0 aromatic rings. The maximum absolute atomic E-state index is 8.52. The SMILES string of the molecule is O=[Si]([O-])[O-].O=[Si]([O-])[O-].O=[Si]([O-])[O-].[Ru+3].[Ru+3]. The van der Waals surface area contributed by atoms with Crippen LogP contribution in [0, 0.1) is 0 Å². The maximum atomic E-state index is 8.52. The molecule has 0 aliphatic rings. The molecule has 2 radical (unpaired) electrons. The molecule has 0 aliphatic carbocycles. The average Bonchev–Trinajstić information content (AvgIpc) is 1.54. The average molecular weight is 430 g/mol. The fraction of sp³-hybridized carbons (Fsp3) is 0. The van der Waals surface area contributed by atoms with E-state index in [0.29, 0.717) is 0 Å². The smallest absolute Gasteiger partial charge is 0.672 e. The first-order valence-electron chi connectivity index (χ1n) is 1.84. The molecule has 0 atom stereocenters. The molecular formula is O9Ru2Si3. The van der Waals surface area contributed by atoms with Gasteiger partial charge < -0.3 is 42.2 Å². The molecule has 0 unspecified atom stereocenters. The second-order valence-corrected chi connectivity index (χ2v) is 2.25. The van der Waals surface area contributed by atoms with Gasteiger partial charge in [-0.2, -0.15) is 0 Å². The van der Waals surface area contributed by atoms with E-state index in [0.717, 1.165) is 0 Å². The zero-order valence-corrected chi connectivity index (χ0v) is 12.4. The Balaban J connectivity index is -0.0000000270. The van der Waals surface area contributed by atoms with Gasteiger partial charge in [0.2, 0.25) is 0 Å². The second-order valence-electron chi connectivity index (χ2n) is 0.750. The van der Waals surface area contributed by atoms with Gasteiger partial charge in [-0.3, -0.25) is 0 Å². The van der Waals surface area contributed by atoms with Gasteiger partial charge in [-0.25, -0.2) is 0 Å². The minimum atomic E-state index is -3.63. The first-order valence-corrected chi connectivity index (χ1v) is 5.51. The van der Waals surface area contributed by atoms with E-state index in [9.17, 15) is 0 Å². The van der Waals surface area contributed by atoms with Crippen LogP contribution in [-0.4, -0.2) is 27.5 Å². The Morgan fingerprint density at radius 2 is 0.500 bits per heavy atom. The Hall–Kier alpha value is 0.0974. The topological polar surface area (TPSA) is 190 Å². The van der Waals surface area contributed by atoms with Crippen molar-refractivity contribution in [3.63, 3.8) is 0 Å². The summed E-state index contributed by atoms with van der Waals surface area (Å²) in [6.07, 6.45) is 0. The van der Waals surface area contributed by atoms with Crippen LogP contribution >= 0.6 is 0 Å². The molecule has 0 aromatic heterocycles. The molecular weight excluding hydrogens is 430 g/mol. The van der Waals surface area contributed by atoms with Crippen LogP contribution in [0.2, 0.25) is 0 Å². The Labute approximate surface area is 108 Å². The summed E-state index contributed by atoms with van der Waals surface area (Å²) in [5.41, 5.74) is 0. The molecule has 14 heavy (non-hydrogen) atoms. The summed E-state index contributed by atoms with van der Waals surface area (Å²) in [4.78, 5) is 51.1. The van der Waals surface area contributed by atoms with Crippen molar-refractivity contribution in [2.45, 2.75) is 0 Å². The van der Waals surface area contributed by atoms with E-state index in [1.54, 1.807) is 0 Å². The molecule has 0 aliphatic heterocycles. The van der Waals surface area contributed by atoms with Crippen LogP contribution in [0.25, 0.3) is 0 Å². The van der Waals surface area contributed by atoms with Gasteiger partial charge in [0.15, 0.2) is 0 Å². The van der Waals surface area contributed by atoms with Crippen LogP contribution < -0.4 is 28.8 Å². The third kappa shape index (κ3) is 157000. The van der Waals surface area contributed by atoms with Crippen LogP contribution in [0.4, 0.5) is 0 Å². The van der Waals surface area contributed by atoms with Crippen molar-refractivity contribution in [2.24, 2.45) is 0 Å². The summed E-state index contributed by atoms with van der Waals surface area (Å²) >= 11 is 0. The van der Waals surface area contributed by atoms with Crippen LogP contribution in [-0.2, 0) is 52.3 Å². The van der Waals surface area contributed by atoms with Crippen LogP contribution in [0.5, 0.6) is 0 Å². The first-order chi connectivity index (χ1) is 5.20. The Bertz CT molecular complexity index is 116. The van der Waals surface area contributed by atoms with Gasteiger partial charge in [-0.05, 0) is 0 Å². The normalized spacial score (nSPS) is 5.14. The minimum Gasteiger partial charge on any atom is -0.672 e. The summed E-state index contributed by atoms with van der Waals surface area (Å²) in [5.74, 6) is 0. The van der Waals surface area contributed by atoms with Crippen LogP contribution in [0.1, 0.15) is 0 Å². The molecule has 0 aromatic carbocycles. The summed E-state index contributed by atoms with van der Waals surface area (Å²) in [6.45, 7) is 0. The third-order valence-corrected chi connectivity index (χ3v) is 0. The van der Waals surface area contributed by atoms with Gasteiger partial charge >= 0.3 is 39.0 Å². The van der Waals surface area contributed by atoms with Crippen molar-refractivity contribution in [2.75, 3.05) is 0 Å². The Kier molecular flexibility index (Phi) is 48.3. The fourth-order valence-corrected chi connectivity index (χ4v) is 0. The Morgan fingerprint density at radius 1 is 0.500 bits per heavy atom. The van der Waals surface area contributed by atoms with Crippen molar-refractivity contribution < 1.29 is 81.1 Å². The van der Waals surface area contributed by atoms with Gasteiger partial charge in [0.25, 0.3) is 0 Å². The summed E-state index contributed by atoms with van der Waals surface area (Å²) < 4.78 is 25.6. The van der Waals surface area contributed by atoms with Gasteiger partial charge in [-0.15, -0.1) is 0 Å². The zero-order valence-electron chi connectivity index (χ0n) is 5.88. The molecule has 0 bridgehead atoms. The Morgan fingerprint density at radius 3 is 0.500 bits per heavy atom. The molecule has 0 N–H and O–H groups in total. The summed E-state index contributed by atoms with van der Waals surface area (Å²) in [5, 5.41) is 0. The van der Waals surface area contributed by atoms with E-state index in [-0.39, 0.29) is 39.0 Å². The van der Waals surface area contributed by atoms with Crippen molar-refractivity contribution in [1.82, 2.24) is 0 Å². The monoisotopic (exact) mass is 432 g/mol. The third-order valence-electron chi connectivity index (χ3n) is 0. The van der Waals surface area contributed by atoms with Gasteiger partial charge in [0.05, 0.1) is 0 Å². The quantitative estimate of drug-likeness (QED) is 0.336. The van der Waals surface area contributed by atoms with Crippen LogP contribution in [0.3, 0.4) is 0 Å². The van der Waals surface area contributed by atoms with E-state index in [2.05, 4.69) is 0 Å². The molecule has 14 heteroatoms. The molecule has 0 amide bonds. The van der Waals surface area contributed by atoms with E-state index in [1.165, 1.54) is 0 Å². The molecule has 0 fully saturated rings. The van der Waals surface area contributed by atoms with Crippen molar-refractivity contribution in [1.29, 1.82) is 0 Å². The molecule has 0 spiro atoms. The van der Waals surface area contributed by atoms with E-state index < -0.39 is 27.5 Å². The van der Waals surface area contributed by atoms with Crippen LogP contribution in [0.15, 0.2) is 0 Å². The van der Waals surface area contributed by atoms with E-state index in [1.807, 2.05) is 0 Å². The molecule has 82 valence electrons. The van der Waals surface area contributed by atoms with Gasteiger partial charge in [0.1, 0.15) is 0 Å². The number of hydrogen-bond donors (Lipinski definition) is 0. The first kappa shape index (κ1) is 29.2. The predicted molar refractivity (Wildman–Crippen MR) is 19.3 cm³/mol. The zero-order chi connectivity index (χ0) is 10.7. The largest absolute Gasteiger partial charge is 3.00 e. The molecule has 0 heterocycles. The maximum Gasteiger partial charge on any atom is 3.00 e. The van der Waals surface area contributed by atoms with E-state index >= 15 is 0 Å². The standard InChI is InChI=1S/3O3Si.2Ru/c3*1-4(2)3;;/q3*-2;2*+3. The van der Waals surface area contributed by atoms with Crippen molar-refractivity contribution in [3.05, 3.63) is 0 Å². The summed E-state index contributed by atoms with van der Waals surface area (Å²) in [7, 11) is -10.9. The summed E-state index contributed by atoms with van der Waals surface area (Å²) in [6, 6.07) is 0. The molecule has 9 nitrogen and oxygen atoms in total. The van der Waals surface area contributed by atoms with Gasteiger partial charge in [-0.1, -0.05) is 0 Å². The molecule has 0 saturated heterocycles. The predicted octanol–water partition coefficient (Wildman–Crippen LogP) is -8.64. The molecule has 0 rings (SSSR count). The number of hydrogen-bond acceptors (Lipinski definition) is 9. The molecule has 0 saturated carbocycles. The van der Waals surface area contributed by atoms with E-state index in [4.69, 9.17) is 42.2 Å². The second kappa shape index (κ2) is 23.2. The van der Waals surface area contributed by atoms with Crippen molar-refractivity contribution in [3.8, 4) is 0 Å². The number of rotatable bonds is 0. The van der Waals surface area contributed by atoms with Crippen molar-refractivity contribution >= 4 is 27.5 Å². The fourth-order valence-electron chi connectivity index (χ4n) is 0. The van der Waals surface area contributed by atoms with Gasteiger partial charge in [0, 0.05) is 27.5 Å². The minimum absolute atomic E-state index is 0.